The number of nitrogens with one attached hydrogen (secondary N) is 1. The highest BCUT2D eigenvalue weighted by Crippen LogP contribution is 2.51. The standard InChI is InChI=1S/C24H24N2O6S/c1-24(2)19(23(30)32-14-31-22(29)16-11-7-4-8-12-16)26-20(28)18(21(26)33-24)25-17(27)13-15-9-5-3-6-10-15/h3-12,18-19,21H,13-14H2,1-2H3,(H,25,27)/t18-,19+,21-/m1/s1. The van der Waals surface area contributed by atoms with Gasteiger partial charge in [-0.05, 0) is 31.5 Å². The van der Waals surface area contributed by atoms with Crippen molar-refractivity contribution in [1.29, 1.82) is 0 Å². The second kappa shape index (κ2) is 9.27. The summed E-state index contributed by atoms with van der Waals surface area (Å²) in [6, 6.07) is 16.1. The minimum Gasteiger partial charge on any atom is -0.426 e. The van der Waals surface area contributed by atoms with Crippen LogP contribution in [0.1, 0.15) is 29.8 Å². The van der Waals surface area contributed by atoms with Crippen molar-refractivity contribution < 1.29 is 28.7 Å². The van der Waals surface area contributed by atoms with Crippen molar-refractivity contribution in [3.63, 3.8) is 0 Å². The third-order valence-corrected chi connectivity index (χ3v) is 7.16. The maximum atomic E-state index is 12.8. The van der Waals surface area contributed by atoms with Crippen LogP contribution in [-0.2, 0) is 30.3 Å². The molecule has 9 heteroatoms. The van der Waals surface area contributed by atoms with Crippen LogP contribution in [0, 0.1) is 0 Å². The molecule has 2 amide bonds. The topological polar surface area (TPSA) is 102 Å². The van der Waals surface area contributed by atoms with Gasteiger partial charge in [0.1, 0.15) is 17.5 Å². The molecule has 0 aromatic heterocycles. The van der Waals surface area contributed by atoms with Crippen molar-refractivity contribution in [1.82, 2.24) is 10.2 Å². The second-order valence-electron chi connectivity index (χ2n) is 8.35. The molecular formula is C24H24N2O6S. The van der Waals surface area contributed by atoms with Crippen LogP contribution in [0.15, 0.2) is 60.7 Å². The monoisotopic (exact) mass is 468 g/mol. The lowest BCUT2D eigenvalue weighted by atomic mass is 9.96. The molecule has 172 valence electrons. The molecule has 2 saturated heterocycles. The third kappa shape index (κ3) is 4.73. The van der Waals surface area contributed by atoms with Crippen molar-refractivity contribution in [2.45, 2.75) is 42.5 Å². The first-order valence-corrected chi connectivity index (χ1v) is 11.4. The van der Waals surface area contributed by atoms with Gasteiger partial charge in [-0.1, -0.05) is 48.5 Å². The molecule has 0 bridgehead atoms. The number of rotatable bonds is 7. The Hall–Kier alpha value is -3.33. The van der Waals surface area contributed by atoms with E-state index in [2.05, 4.69) is 5.32 Å². The average molecular weight is 469 g/mol. The number of thioether (sulfide) groups is 1. The predicted octanol–water partition coefficient (Wildman–Crippen LogP) is 2.13. The molecule has 0 saturated carbocycles. The van der Waals surface area contributed by atoms with Crippen LogP contribution in [0.4, 0.5) is 0 Å². The number of hydrogen-bond donors (Lipinski definition) is 1. The number of carbonyl (C=O) groups excluding carboxylic acids is 4. The summed E-state index contributed by atoms with van der Waals surface area (Å²) >= 11 is 1.43. The smallest absolute Gasteiger partial charge is 0.340 e. The fraction of sp³-hybridized carbons (Fsp3) is 0.333. The number of carbonyl (C=O) groups is 4. The largest absolute Gasteiger partial charge is 0.426 e. The van der Waals surface area contributed by atoms with Gasteiger partial charge >= 0.3 is 11.9 Å². The van der Waals surface area contributed by atoms with Gasteiger partial charge in [-0.25, -0.2) is 9.59 Å². The van der Waals surface area contributed by atoms with Crippen LogP contribution in [0.2, 0.25) is 0 Å². The molecule has 0 radical (unpaired) electrons. The number of benzene rings is 2. The molecule has 2 aromatic rings. The van der Waals surface area contributed by atoms with Crippen molar-refractivity contribution >= 4 is 35.5 Å². The van der Waals surface area contributed by atoms with Crippen molar-refractivity contribution in [2.75, 3.05) is 6.79 Å². The molecule has 33 heavy (non-hydrogen) atoms. The maximum absolute atomic E-state index is 12.8. The molecule has 1 N–H and O–H groups in total. The first-order valence-electron chi connectivity index (χ1n) is 10.5. The summed E-state index contributed by atoms with van der Waals surface area (Å²) in [5, 5.41) is 2.42. The van der Waals surface area contributed by atoms with E-state index in [-0.39, 0.29) is 23.6 Å². The number of amides is 2. The molecule has 2 fully saturated rings. The minimum absolute atomic E-state index is 0.170. The number of nitrogens with zero attached hydrogens (tertiary/aromatic N) is 1. The molecule has 3 atom stereocenters. The zero-order valence-electron chi connectivity index (χ0n) is 18.2. The van der Waals surface area contributed by atoms with Crippen LogP contribution in [-0.4, -0.2) is 57.7 Å². The Labute approximate surface area is 195 Å². The lowest BCUT2D eigenvalue weighted by molar-refractivity contribution is -0.169. The van der Waals surface area contributed by atoms with Gasteiger partial charge in [0, 0.05) is 4.75 Å². The fourth-order valence-electron chi connectivity index (χ4n) is 4.01. The van der Waals surface area contributed by atoms with Crippen LogP contribution < -0.4 is 5.32 Å². The number of ether oxygens (including phenoxy) is 2. The number of hydrogen-bond acceptors (Lipinski definition) is 7. The Balaban J connectivity index is 1.32. The summed E-state index contributed by atoms with van der Waals surface area (Å²) in [7, 11) is 0. The summed E-state index contributed by atoms with van der Waals surface area (Å²) in [6.45, 7) is 3.13. The first-order chi connectivity index (χ1) is 15.8. The Morgan fingerprint density at radius 1 is 1.00 bits per heavy atom. The molecule has 4 rings (SSSR count). The average Bonchev–Trinajstić information content (AvgIpc) is 3.06. The van der Waals surface area contributed by atoms with Gasteiger partial charge in [-0.3, -0.25) is 9.59 Å². The summed E-state index contributed by atoms with van der Waals surface area (Å²) in [5.41, 5.74) is 1.20. The molecule has 8 nitrogen and oxygen atoms in total. The minimum atomic E-state index is -0.849. The van der Waals surface area contributed by atoms with Gasteiger partial charge in [0.2, 0.25) is 18.6 Å². The van der Waals surface area contributed by atoms with E-state index in [1.807, 2.05) is 44.2 Å². The van der Waals surface area contributed by atoms with E-state index in [9.17, 15) is 19.2 Å². The molecule has 0 unspecified atom stereocenters. The third-order valence-electron chi connectivity index (χ3n) is 5.59. The van der Waals surface area contributed by atoms with Gasteiger partial charge < -0.3 is 19.7 Å². The van der Waals surface area contributed by atoms with Gasteiger partial charge in [0.05, 0.1) is 12.0 Å². The molecule has 2 aliphatic rings. The fourth-order valence-corrected chi connectivity index (χ4v) is 5.63. The van der Waals surface area contributed by atoms with Gasteiger partial charge in [-0.15, -0.1) is 11.8 Å². The highest BCUT2D eigenvalue weighted by molar-refractivity contribution is 8.01. The predicted molar refractivity (Wildman–Crippen MR) is 121 cm³/mol. The van der Waals surface area contributed by atoms with Crippen LogP contribution >= 0.6 is 11.8 Å². The molecule has 2 heterocycles. The summed E-state index contributed by atoms with van der Waals surface area (Å²) in [5.74, 6) is -1.85. The normalized spacial score (nSPS) is 22.7. The van der Waals surface area contributed by atoms with Crippen LogP contribution in [0.25, 0.3) is 0 Å². The summed E-state index contributed by atoms with van der Waals surface area (Å²) in [6.07, 6.45) is 0.170. The first kappa shape index (κ1) is 22.8. The van der Waals surface area contributed by atoms with Crippen LogP contribution in [0.5, 0.6) is 0 Å². The van der Waals surface area contributed by atoms with Crippen LogP contribution in [0.3, 0.4) is 0 Å². The van der Waals surface area contributed by atoms with E-state index < -0.39 is 35.6 Å². The lowest BCUT2D eigenvalue weighted by Gasteiger charge is -2.43. The van der Waals surface area contributed by atoms with E-state index in [0.29, 0.717) is 5.56 Å². The number of esters is 2. The molecular weight excluding hydrogens is 444 g/mol. The zero-order valence-corrected chi connectivity index (χ0v) is 19.0. The summed E-state index contributed by atoms with van der Waals surface area (Å²) in [4.78, 5) is 51.5. The van der Waals surface area contributed by atoms with Gasteiger partial charge in [0.25, 0.3) is 0 Å². The number of β-lactam (4-membered cyclic amide) rings is 1. The van der Waals surface area contributed by atoms with E-state index in [0.717, 1.165) is 5.56 Å². The lowest BCUT2D eigenvalue weighted by Crippen LogP contribution is -2.70. The van der Waals surface area contributed by atoms with E-state index in [1.165, 1.54) is 16.7 Å². The molecule has 2 aromatic carbocycles. The summed E-state index contributed by atoms with van der Waals surface area (Å²) < 4.78 is 9.55. The van der Waals surface area contributed by atoms with Crippen molar-refractivity contribution in [3.05, 3.63) is 71.8 Å². The highest BCUT2D eigenvalue weighted by Gasteiger charge is 2.64. The molecule has 0 spiro atoms. The molecule has 2 aliphatic heterocycles. The van der Waals surface area contributed by atoms with E-state index in [1.54, 1.807) is 30.3 Å². The maximum Gasteiger partial charge on any atom is 0.340 e. The number of fused-ring (bicyclic) bond motifs is 1. The second-order valence-corrected chi connectivity index (χ2v) is 10.1. The highest BCUT2D eigenvalue weighted by atomic mass is 32.2. The SMILES string of the molecule is CC1(C)S[C@@H]2[C@H](NC(=O)Cc3ccccc3)C(=O)N2[C@H]1C(=O)OCOC(=O)c1ccccc1. The Bertz CT molecular complexity index is 1060. The Morgan fingerprint density at radius 2 is 1.64 bits per heavy atom. The van der Waals surface area contributed by atoms with E-state index in [4.69, 9.17) is 9.47 Å². The Kier molecular flexibility index (Phi) is 6.42. The Morgan fingerprint density at radius 3 is 2.30 bits per heavy atom. The zero-order chi connectivity index (χ0) is 23.6. The van der Waals surface area contributed by atoms with Crippen molar-refractivity contribution in [3.8, 4) is 0 Å². The van der Waals surface area contributed by atoms with Gasteiger partial charge in [0.15, 0.2) is 0 Å². The quantitative estimate of drug-likeness (QED) is 0.377. The van der Waals surface area contributed by atoms with E-state index >= 15 is 0 Å². The molecule has 0 aliphatic carbocycles. The van der Waals surface area contributed by atoms with Crippen molar-refractivity contribution in [2.24, 2.45) is 0 Å². The van der Waals surface area contributed by atoms with Gasteiger partial charge in [-0.2, -0.15) is 0 Å².